The maximum absolute atomic E-state index is 5.60. The fraction of sp³-hybridized carbons (Fsp3) is 0.105. The van der Waals surface area contributed by atoms with E-state index in [9.17, 15) is 0 Å². The lowest BCUT2D eigenvalue weighted by Gasteiger charge is -2.18. The summed E-state index contributed by atoms with van der Waals surface area (Å²) in [6.07, 6.45) is 4.05. The number of benzene rings is 2. The third kappa shape index (κ3) is 2.53. The molecule has 0 atom stereocenters. The summed E-state index contributed by atoms with van der Waals surface area (Å²) in [6.45, 7) is 1.22. The highest BCUT2D eigenvalue weighted by Crippen LogP contribution is 2.31. The average molecular weight is 289 g/mol. The van der Waals surface area contributed by atoms with Crippen LogP contribution in [0, 0.1) is 0 Å². The first-order chi connectivity index (χ1) is 10.9. The van der Waals surface area contributed by atoms with Crippen LogP contribution in [0.25, 0.3) is 23.1 Å². The summed E-state index contributed by atoms with van der Waals surface area (Å²) in [5, 5.41) is 1.15. The van der Waals surface area contributed by atoms with Gasteiger partial charge >= 0.3 is 0 Å². The molecule has 22 heavy (non-hydrogen) atoms. The standard InChI is InChI=1S/C19H15NO2/c1-2-4-17-15(3-1)7-9-16(20-17)8-5-14-6-10-18-19(13-14)22-12-11-21-18/h1-10,13H,11-12H2/b8-5+. The fourth-order valence-corrected chi connectivity index (χ4v) is 2.52. The van der Waals surface area contributed by atoms with Crippen LogP contribution in [0.4, 0.5) is 0 Å². The van der Waals surface area contributed by atoms with Gasteiger partial charge in [-0.3, -0.25) is 0 Å². The largest absolute Gasteiger partial charge is 0.486 e. The Morgan fingerprint density at radius 1 is 0.818 bits per heavy atom. The highest BCUT2D eigenvalue weighted by atomic mass is 16.6. The SMILES string of the molecule is C(=C\c1ccc2ccccc2n1)/c1ccc2c(c1)OCCO2. The van der Waals surface area contributed by atoms with Crippen LogP contribution >= 0.6 is 0 Å². The smallest absolute Gasteiger partial charge is 0.161 e. The van der Waals surface area contributed by atoms with Crippen LogP contribution in [0.3, 0.4) is 0 Å². The lowest BCUT2D eigenvalue weighted by molar-refractivity contribution is 0.171. The van der Waals surface area contributed by atoms with Gasteiger partial charge in [0.1, 0.15) is 13.2 Å². The highest BCUT2D eigenvalue weighted by Gasteiger charge is 2.10. The van der Waals surface area contributed by atoms with Gasteiger partial charge in [0, 0.05) is 5.39 Å². The van der Waals surface area contributed by atoms with Gasteiger partial charge in [0.25, 0.3) is 0 Å². The minimum absolute atomic E-state index is 0.604. The van der Waals surface area contributed by atoms with Crippen molar-refractivity contribution >= 4 is 23.1 Å². The van der Waals surface area contributed by atoms with Crippen molar-refractivity contribution in [2.24, 2.45) is 0 Å². The van der Waals surface area contributed by atoms with E-state index in [-0.39, 0.29) is 0 Å². The van der Waals surface area contributed by atoms with Crippen molar-refractivity contribution in [1.82, 2.24) is 4.98 Å². The van der Waals surface area contributed by atoms with E-state index in [0.29, 0.717) is 13.2 Å². The van der Waals surface area contributed by atoms with E-state index in [4.69, 9.17) is 9.47 Å². The molecule has 1 aliphatic heterocycles. The molecule has 0 N–H and O–H groups in total. The number of aromatic nitrogens is 1. The summed E-state index contributed by atoms with van der Waals surface area (Å²) in [7, 11) is 0. The first kappa shape index (κ1) is 12.9. The summed E-state index contributed by atoms with van der Waals surface area (Å²) in [4.78, 5) is 4.64. The zero-order chi connectivity index (χ0) is 14.8. The Bertz CT molecular complexity index is 855. The van der Waals surface area contributed by atoms with Gasteiger partial charge in [-0.15, -0.1) is 0 Å². The van der Waals surface area contributed by atoms with Crippen molar-refractivity contribution < 1.29 is 9.47 Å². The Labute approximate surface area is 128 Å². The molecule has 4 rings (SSSR count). The van der Waals surface area contributed by atoms with Crippen LogP contribution in [0.5, 0.6) is 11.5 Å². The molecule has 1 aromatic heterocycles. The van der Waals surface area contributed by atoms with Crippen LogP contribution in [-0.4, -0.2) is 18.2 Å². The van der Waals surface area contributed by atoms with Crippen molar-refractivity contribution in [2.75, 3.05) is 13.2 Å². The van der Waals surface area contributed by atoms with Gasteiger partial charge < -0.3 is 9.47 Å². The first-order valence-electron chi connectivity index (χ1n) is 7.32. The number of nitrogens with zero attached hydrogens (tertiary/aromatic N) is 1. The lowest BCUT2D eigenvalue weighted by Crippen LogP contribution is -2.15. The molecule has 2 aromatic carbocycles. The van der Waals surface area contributed by atoms with E-state index >= 15 is 0 Å². The maximum atomic E-state index is 5.60. The van der Waals surface area contributed by atoms with Gasteiger partial charge in [0.15, 0.2) is 11.5 Å². The molecule has 0 spiro atoms. The molecule has 0 unspecified atom stereocenters. The Hall–Kier alpha value is -2.81. The van der Waals surface area contributed by atoms with Gasteiger partial charge in [-0.25, -0.2) is 4.98 Å². The molecular formula is C19H15NO2. The first-order valence-corrected chi connectivity index (χ1v) is 7.32. The number of hydrogen-bond donors (Lipinski definition) is 0. The molecule has 0 fully saturated rings. The van der Waals surface area contributed by atoms with E-state index in [1.165, 1.54) is 0 Å². The van der Waals surface area contributed by atoms with Crippen LogP contribution < -0.4 is 9.47 Å². The third-order valence-corrected chi connectivity index (χ3v) is 3.63. The second-order valence-corrected chi connectivity index (χ2v) is 5.17. The van der Waals surface area contributed by atoms with Gasteiger partial charge in [0.2, 0.25) is 0 Å². The molecule has 3 nitrogen and oxygen atoms in total. The lowest BCUT2D eigenvalue weighted by atomic mass is 10.1. The van der Waals surface area contributed by atoms with Gasteiger partial charge in [-0.2, -0.15) is 0 Å². The fourth-order valence-electron chi connectivity index (χ4n) is 2.52. The topological polar surface area (TPSA) is 31.4 Å². The van der Waals surface area contributed by atoms with Crippen molar-refractivity contribution in [3.8, 4) is 11.5 Å². The predicted molar refractivity (Wildman–Crippen MR) is 88.1 cm³/mol. The summed E-state index contributed by atoms with van der Waals surface area (Å²) in [5.41, 5.74) is 3.01. The molecule has 0 radical (unpaired) electrons. The third-order valence-electron chi connectivity index (χ3n) is 3.63. The minimum Gasteiger partial charge on any atom is -0.486 e. The normalized spacial score (nSPS) is 13.6. The van der Waals surface area contributed by atoms with Crippen molar-refractivity contribution in [3.63, 3.8) is 0 Å². The summed E-state index contributed by atoms with van der Waals surface area (Å²) < 4.78 is 11.1. The van der Waals surface area contributed by atoms with Crippen LogP contribution in [0.15, 0.2) is 54.6 Å². The Kier molecular flexibility index (Phi) is 3.24. The zero-order valence-electron chi connectivity index (χ0n) is 12.0. The van der Waals surface area contributed by atoms with Gasteiger partial charge in [-0.1, -0.05) is 36.4 Å². The molecule has 1 aliphatic rings. The Morgan fingerprint density at radius 2 is 1.68 bits per heavy atom. The van der Waals surface area contributed by atoms with E-state index in [1.807, 2.05) is 54.6 Å². The quantitative estimate of drug-likeness (QED) is 0.709. The molecule has 0 aliphatic carbocycles. The molecule has 0 saturated carbocycles. The van der Waals surface area contributed by atoms with Crippen molar-refractivity contribution in [2.45, 2.75) is 0 Å². The zero-order valence-corrected chi connectivity index (χ0v) is 12.0. The van der Waals surface area contributed by atoms with Gasteiger partial charge in [-0.05, 0) is 35.9 Å². The molecule has 0 amide bonds. The molecule has 0 saturated heterocycles. The van der Waals surface area contributed by atoms with Crippen molar-refractivity contribution in [1.29, 1.82) is 0 Å². The summed E-state index contributed by atoms with van der Waals surface area (Å²) in [6, 6.07) is 18.2. The van der Waals surface area contributed by atoms with Gasteiger partial charge in [0.05, 0.1) is 11.2 Å². The average Bonchev–Trinajstić information content (AvgIpc) is 2.59. The minimum atomic E-state index is 0.604. The Balaban J connectivity index is 1.62. The van der Waals surface area contributed by atoms with Crippen LogP contribution in [-0.2, 0) is 0 Å². The van der Waals surface area contributed by atoms with E-state index in [1.54, 1.807) is 0 Å². The maximum Gasteiger partial charge on any atom is 0.161 e. The summed E-state index contributed by atoms with van der Waals surface area (Å²) >= 11 is 0. The molecule has 0 bridgehead atoms. The number of rotatable bonds is 2. The number of hydrogen-bond acceptors (Lipinski definition) is 3. The molecule has 2 heterocycles. The Morgan fingerprint density at radius 3 is 2.64 bits per heavy atom. The number of para-hydroxylation sites is 1. The molecule has 3 aromatic rings. The van der Waals surface area contributed by atoms with Crippen molar-refractivity contribution in [3.05, 3.63) is 65.9 Å². The number of ether oxygens (including phenoxy) is 2. The highest BCUT2D eigenvalue weighted by molar-refractivity contribution is 5.80. The second-order valence-electron chi connectivity index (χ2n) is 5.17. The molecular weight excluding hydrogens is 274 g/mol. The monoisotopic (exact) mass is 289 g/mol. The van der Waals surface area contributed by atoms with E-state index in [0.717, 1.165) is 33.7 Å². The summed E-state index contributed by atoms with van der Waals surface area (Å²) in [5.74, 6) is 1.62. The van der Waals surface area contributed by atoms with Crippen LogP contribution in [0.2, 0.25) is 0 Å². The predicted octanol–water partition coefficient (Wildman–Crippen LogP) is 4.18. The number of pyridine rings is 1. The molecule has 3 heteroatoms. The number of fused-ring (bicyclic) bond motifs is 2. The molecule has 108 valence electrons. The van der Waals surface area contributed by atoms with Crippen LogP contribution in [0.1, 0.15) is 11.3 Å². The second kappa shape index (κ2) is 5.53. The van der Waals surface area contributed by atoms with E-state index in [2.05, 4.69) is 17.1 Å². The van der Waals surface area contributed by atoms with E-state index < -0.39 is 0 Å².